The second kappa shape index (κ2) is 6.52. The molecule has 2 rings (SSSR count). The maximum atomic E-state index is 12.1. The van der Waals surface area contributed by atoms with Crippen LogP contribution in [0.15, 0.2) is 24.3 Å². The van der Waals surface area contributed by atoms with Gasteiger partial charge in [0.15, 0.2) is 0 Å². The van der Waals surface area contributed by atoms with Gasteiger partial charge in [0, 0.05) is 37.4 Å². The van der Waals surface area contributed by atoms with E-state index in [1.165, 1.54) is 0 Å². The Morgan fingerprint density at radius 1 is 1.50 bits per heavy atom. The van der Waals surface area contributed by atoms with Crippen LogP contribution in [-0.4, -0.2) is 38.1 Å². The zero-order valence-corrected chi connectivity index (χ0v) is 11.9. The van der Waals surface area contributed by atoms with Crippen LogP contribution in [0.3, 0.4) is 0 Å². The van der Waals surface area contributed by atoms with Crippen molar-refractivity contribution in [2.75, 3.05) is 25.2 Å². The number of carbonyl (C=O) groups is 2. The van der Waals surface area contributed by atoms with E-state index in [1.54, 1.807) is 30.2 Å². The van der Waals surface area contributed by atoms with Gasteiger partial charge in [0.2, 0.25) is 5.91 Å². The van der Waals surface area contributed by atoms with Crippen molar-refractivity contribution in [1.82, 2.24) is 5.32 Å². The van der Waals surface area contributed by atoms with E-state index in [0.29, 0.717) is 18.6 Å². The Kier molecular flexibility index (Phi) is 4.74. The second-order valence-corrected chi connectivity index (χ2v) is 5.03. The molecule has 0 spiro atoms. The number of amides is 2. The zero-order valence-electron chi connectivity index (χ0n) is 11.9. The largest absolute Gasteiger partial charge is 0.383 e. The highest BCUT2D eigenvalue weighted by Gasteiger charge is 2.22. The minimum Gasteiger partial charge on any atom is -0.383 e. The molecule has 1 saturated heterocycles. The molecule has 1 atom stereocenters. The van der Waals surface area contributed by atoms with Crippen molar-refractivity contribution in [3.8, 4) is 0 Å². The predicted molar refractivity (Wildman–Crippen MR) is 76.8 cm³/mol. The van der Waals surface area contributed by atoms with Gasteiger partial charge in [-0.3, -0.25) is 9.59 Å². The number of hydrogen-bond acceptors (Lipinski definition) is 3. The number of ether oxygens (including phenoxy) is 1. The molecule has 1 aromatic rings. The van der Waals surface area contributed by atoms with E-state index < -0.39 is 0 Å². The molecule has 108 valence electrons. The molecule has 1 aromatic carbocycles. The van der Waals surface area contributed by atoms with E-state index in [9.17, 15) is 9.59 Å². The van der Waals surface area contributed by atoms with Crippen molar-refractivity contribution in [1.29, 1.82) is 0 Å². The Bertz CT molecular complexity index is 502. The minimum atomic E-state index is -0.150. The lowest BCUT2D eigenvalue weighted by Gasteiger charge is -2.17. The Morgan fingerprint density at radius 2 is 2.30 bits per heavy atom. The summed E-state index contributed by atoms with van der Waals surface area (Å²) in [4.78, 5) is 25.6. The summed E-state index contributed by atoms with van der Waals surface area (Å²) in [5, 5.41) is 2.86. The molecule has 0 aliphatic carbocycles. The lowest BCUT2D eigenvalue weighted by atomic mass is 10.1. The zero-order chi connectivity index (χ0) is 14.5. The number of hydrogen-bond donors (Lipinski definition) is 1. The lowest BCUT2D eigenvalue weighted by molar-refractivity contribution is -0.117. The van der Waals surface area contributed by atoms with Gasteiger partial charge in [-0.05, 0) is 31.5 Å². The second-order valence-electron chi connectivity index (χ2n) is 5.03. The molecule has 1 heterocycles. The monoisotopic (exact) mass is 276 g/mol. The fourth-order valence-electron chi connectivity index (χ4n) is 2.33. The summed E-state index contributed by atoms with van der Waals surface area (Å²) in [6.45, 7) is 3.08. The molecule has 1 unspecified atom stereocenters. The summed E-state index contributed by atoms with van der Waals surface area (Å²) in [5.41, 5.74) is 1.35. The normalized spacial score (nSPS) is 16.3. The summed E-state index contributed by atoms with van der Waals surface area (Å²) >= 11 is 0. The molecule has 0 bridgehead atoms. The minimum absolute atomic E-state index is 0.0513. The summed E-state index contributed by atoms with van der Waals surface area (Å²) < 4.78 is 4.99. The van der Waals surface area contributed by atoms with Gasteiger partial charge in [-0.15, -0.1) is 0 Å². The third kappa shape index (κ3) is 3.36. The molecule has 5 heteroatoms. The highest BCUT2D eigenvalue weighted by Crippen LogP contribution is 2.22. The first kappa shape index (κ1) is 14.5. The summed E-state index contributed by atoms with van der Waals surface area (Å²) in [6.07, 6.45) is 1.46. The molecular formula is C15H20N2O3. The Balaban J connectivity index is 2.09. The molecule has 20 heavy (non-hydrogen) atoms. The Labute approximate surface area is 118 Å². The van der Waals surface area contributed by atoms with Crippen LogP contribution in [0.1, 0.15) is 30.1 Å². The van der Waals surface area contributed by atoms with Crippen molar-refractivity contribution >= 4 is 17.5 Å². The van der Waals surface area contributed by atoms with Crippen molar-refractivity contribution in [2.45, 2.75) is 25.8 Å². The van der Waals surface area contributed by atoms with Crippen LogP contribution in [0.5, 0.6) is 0 Å². The molecule has 1 aliphatic heterocycles. The van der Waals surface area contributed by atoms with Crippen molar-refractivity contribution < 1.29 is 14.3 Å². The first-order chi connectivity index (χ1) is 9.61. The number of nitrogens with one attached hydrogen (secondary N) is 1. The van der Waals surface area contributed by atoms with Crippen molar-refractivity contribution in [3.05, 3.63) is 29.8 Å². The van der Waals surface area contributed by atoms with E-state index in [2.05, 4.69) is 5.32 Å². The van der Waals surface area contributed by atoms with E-state index in [4.69, 9.17) is 4.74 Å². The third-order valence-corrected chi connectivity index (χ3v) is 3.29. The quantitative estimate of drug-likeness (QED) is 0.888. The molecule has 0 radical (unpaired) electrons. The van der Waals surface area contributed by atoms with Crippen LogP contribution in [0.4, 0.5) is 5.69 Å². The molecule has 1 fully saturated rings. The predicted octanol–water partition coefficient (Wildman–Crippen LogP) is 1.58. The first-order valence-electron chi connectivity index (χ1n) is 6.82. The Morgan fingerprint density at radius 3 is 2.95 bits per heavy atom. The first-order valence-corrected chi connectivity index (χ1v) is 6.82. The van der Waals surface area contributed by atoms with Gasteiger partial charge in [0.1, 0.15) is 0 Å². The van der Waals surface area contributed by atoms with E-state index in [-0.39, 0.29) is 17.9 Å². The smallest absolute Gasteiger partial charge is 0.251 e. The molecule has 2 amide bonds. The highest BCUT2D eigenvalue weighted by atomic mass is 16.5. The van der Waals surface area contributed by atoms with Crippen LogP contribution in [0.2, 0.25) is 0 Å². The van der Waals surface area contributed by atoms with Gasteiger partial charge in [-0.2, -0.15) is 0 Å². The number of benzene rings is 1. The van der Waals surface area contributed by atoms with Crippen LogP contribution in [0, 0.1) is 0 Å². The van der Waals surface area contributed by atoms with Crippen molar-refractivity contribution in [2.24, 2.45) is 0 Å². The topological polar surface area (TPSA) is 58.6 Å². The molecule has 0 aromatic heterocycles. The SMILES string of the molecule is COCC(C)NC(=O)c1cccc(N2CCCC2=O)c1. The van der Waals surface area contributed by atoms with Gasteiger partial charge in [0.25, 0.3) is 5.91 Å². The van der Waals surface area contributed by atoms with Crippen LogP contribution in [-0.2, 0) is 9.53 Å². The average molecular weight is 276 g/mol. The van der Waals surface area contributed by atoms with Crippen molar-refractivity contribution in [3.63, 3.8) is 0 Å². The highest BCUT2D eigenvalue weighted by molar-refractivity contribution is 5.99. The molecule has 5 nitrogen and oxygen atoms in total. The summed E-state index contributed by atoms with van der Waals surface area (Å²) in [5.74, 6) is -0.0293. The van der Waals surface area contributed by atoms with E-state index >= 15 is 0 Å². The maximum Gasteiger partial charge on any atom is 0.251 e. The molecule has 0 saturated carbocycles. The number of carbonyl (C=O) groups excluding carboxylic acids is 2. The maximum absolute atomic E-state index is 12.1. The van der Waals surface area contributed by atoms with Gasteiger partial charge in [0.05, 0.1) is 6.61 Å². The number of methoxy groups -OCH3 is 1. The number of anilines is 1. The van der Waals surface area contributed by atoms with Crippen LogP contribution in [0.25, 0.3) is 0 Å². The summed E-state index contributed by atoms with van der Waals surface area (Å²) in [7, 11) is 1.60. The molecule has 1 aliphatic rings. The van der Waals surface area contributed by atoms with Gasteiger partial charge in [-0.25, -0.2) is 0 Å². The van der Waals surface area contributed by atoms with E-state index in [1.807, 2.05) is 13.0 Å². The van der Waals surface area contributed by atoms with Crippen LogP contribution >= 0.6 is 0 Å². The fourth-order valence-corrected chi connectivity index (χ4v) is 2.33. The standard InChI is InChI=1S/C15H20N2O3/c1-11(10-20-2)16-15(19)12-5-3-6-13(9-12)17-8-4-7-14(17)18/h3,5-6,9,11H,4,7-8,10H2,1-2H3,(H,16,19). The number of rotatable bonds is 5. The van der Waals surface area contributed by atoms with Gasteiger partial charge >= 0.3 is 0 Å². The van der Waals surface area contributed by atoms with E-state index in [0.717, 1.165) is 18.7 Å². The molecular weight excluding hydrogens is 256 g/mol. The summed E-state index contributed by atoms with van der Waals surface area (Å²) in [6, 6.07) is 7.12. The average Bonchev–Trinajstić information content (AvgIpc) is 2.85. The van der Waals surface area contributed by atoms with Gasteiger partial charge < -0.3 is 15.0 Å². The fraction of sp³-hybridized carbons (Fsp3) is 0.467. The Hall–Kier alpha value is -1.88. The molecule has 1 N–H and O–H groups in total. The van der Waals surface area contributed by atoms with Crippen LogP contribution < -0.4 is 10.2 Å². The lowest BCUT2D eigenvalue weighted by Crippen LogP contribution is -2.35. The number of nitrogens with zero attached hydrogens (tertiary/aromatic N) is 1. The van der Waals surface area contributed by atoms with Gasteiger partial charge in [-0.1, -0.05) is 6.07 Å². The third-order valence-electron chi connectivity index (χ3n) is 3.29.